The minimum atomic E-state index is -0.167. The summed E-state index contributed by atoms with van der Waals surface area (Å²) in [6.45, 7) is 0.630. The zero-order valence-corrected chi connectivity index (χ0v) is 7.91. The van der Waals surface area contributed by atoms with Gasteiger partial charge in [-0.1, -0.05) is 0 Å². The third-order valence-electron chi connectivity index (χ3n) is 2.70. The topological polar surface area (TPSA) is 66.4 Å². The summed E-state index contributed by atoms with van der Waals surface area (Å²) in [7, 11) is 0. The van der Waals surface area contributed by atoms with Crippen molar-refractivity contribution < 1.29 is 4.79 Å². The Morgan fingerprint density at radius 3 is 3.07 bits per heavy atom. The van der Waals surface area contributed by atoms with Crippen LogP contribution in [0.15, 0.2) is 23.3 Å². The molecule has 0 aromatic carbocycles. The number of nitrogens with one attached hydrogen (secondary N) is 2. The molecule has 76 valence electrons. The van der Waals surface area contributed by atoms with E-state index in [1.807, 2.05) is 0 Å². The van der Waals surface area contributed by atoms with E-state index in [1.54, 1.807) is 22.9 Å². The van der Waals surface area contributed by atoms with E-state index in [0.29, 0.717) is 17.6 Å². The van der Waals surface area contributed by atoms with Crippen molar-refractivity contribution in [2.75, 3.05) is 6.54 Å². The molecule has 0 aliphatic carbocycles. The molecule has 15 heavy (non-hydrogen) atoms. The molecule has 2 aromatic rings. The fourth-order valence-electron chi connectivity index (χ4n) is 2.01. The Labute approximate surface area is 84.7 Å². The van der Waals surface area contributed by atoms with Crippen molar-refractivity contribution in [1.82, 2.24) is 14.7 Å². The lowest BCUT2D eigenvalue weighted by atomic mass is 10.1. The lowest BCUT2D eigenvalue weighted by molar-refractivity contribution is 0.0945. The monoisotopic (exact) mass is 203 g/mol. The molecule has 1 amide bonds. The number of hydrogen-bond donors (Lipinski definition) is 2. The van der Waals surface area contributed by atoms with Crippen molar-refractivity contribution in [3.8, 4) is 0 Å². The highest BCUT2D eigenvalue weighted by molar-refractivity contribution is 5.98. The molecule has 3 heterocycles. The Balaban J connectivity index is 2.45. The van der Waals surface area contributed by atoms with Gasteiger partial charge in [0.05, 0.1) is 5.56 Å². The number of H-pyrrole nitrogens is 1. The molecule has 2 N–H and O–H groups in total. The van der Waals surface area contributed by atoms with Crippen LogP contribution in [0, 0.1) is 0 Å². The van der Waals surface area contributed by atoms with E-state index in [2.05, 4.69) is 10.3 Å². The number of nitrogens with zero attached hydrogens (tertiary/aromatic N) is 1. The average Bonchev–Trinajstić information content (AvgIpc) is 2.60. The van der Waals surface area contributed by atoms with Crippen molar-refractivity contribution in [3.05, 3.63) is 40.1 Å². The van der Waals surface area contributed by atoms with Crippen LogP contribution in [0.1, 0.15) is 16.1 Å². The molecule has 2 aromatic heterocycles. The standard InChI is InChI=1S/C10H9N3O2/c14-9-6-5-8-10(15)12-3-4-13(8)7(6)1-2-11-9/h3-5H,1-2H2,(H,11,14)(H,12,15). The first-order valence-corrected chi connectivity index (χ1v) is 4.77. The summed E-state index contributed by atoms with van der Waals surface area (Å²) >= 11 is 0. The number of fused-ring (bicyclic) bond motifs is 3. The first-order valence-electron chi connectivity index (χ1n) is 4.77. The van der Waals surface area contributed by atoms with Crippen LogP contribution < -0.4 is 10.9 Å². The Bertz CT molecular complexity index is 609. The summed E-state index contributed by atoms with van der Waals surface area (Å²) in [5.74, 6) is -0.0978. The summed E-state index contributed by atoms with van der Waals surface area (Å²) in [5.41, 5.74) is 1.89. The second-order valence-electron chi connectivity index (χ2n) is 3.56. The maximum atomic E-state index is 11.5. The molecular weight excluding hydrogens is 194 g/mol. The number of carbonyl (C=O) groups excluding carboxylic acids is 1. The fraction of sp³-hybridized carbons (Fsp3) is 0.200. The van der Waals surface area contributed by atoms with Crippen LogP contribution in [0.3, 0.4) is 0 Å². The Morgan fingerprint density at radius 2 is 2.20 bits per heavy atom. The molecule has 0 fully saturated rings. The van der Waals surface area contributed by atoms with E-state index >= 15 is 0 Å². The lowest BCUT2D eigenvalue weighted by Gasteiger charge is -2.12. The maximum Gasteiger partial charge on any atom is 0.272 e. The van der Waals surface area contributed by atoms with Crippen molar-refractivity contribution in [1.29, 1.82) is 0 Å². The van der Waals surface area contributed by atoms with E-state index in [9.17, 15) is 9.59 Å². The molecule has 1 aliphatic heterocycles. The summed E-state index contributed by atoms with van der Waals surface area (Å²) in [4.78, 5) is 25.6. The van der Waals surface area contributed by atoms with Crippen LogP contribution in [0.4, 0.5) is 0 Å². The predicted octanol–water partition coefficient (Wildman–Crippen LogP) is -0.0865. The zero-order chi connectivity index (χ0) is 10.4. The minimum absolute atomic E-state index is 0.0978. The van der Waals surface area contributed by atoms with E-state index in [4.69, 9.17) is 0 Å². The van der Waals surface area contributed by atoms with Crippen LogP contribution >= 0.6 is 0 Å². The van der Waals surface area contributed by atoms with E-state index in [-0.39, 0.29) is 11.5 Å². The van der Waals surface area contributed by atoms with Crippen LogP contribution in [0.2, 0.25) is 0 Å². The van der Waals surface area contributed by atoms with Gasteiger partial charge in [0.1, 0.15) is 5.52 Å². The Hall–Kier alpha value is -2.04. The third kappa shape index (κ3) is 1.03. The molecule has 0 bridgehead atoms. The van der Waals surface area contributed by atoms with Gasteiger partial charge in [-0.05, 0) is 6.07 Å². The van der Waals surface area contributed by atoms with Crippen LogP contribution in [0.25, 0.3) is 5.52 Å². The second kappa shape index (κ2) is 2.73. The van der Waals surface area contributed by atoms with Gasteiger partial charge >= 0.3 is 0 Å². The predicted molar refractivity (Wildman–Crippen MR) is 54.1 cm³/mol. The molecule has 3 rings (SSSR count). The fourth-order valence-corrected chi connectivity index (χ4v) is 2.01. The number of carbonyl (C=O) groups is 1. The Kier molecular flexibility index (Phi) is 1.50. The van der Waals surface area contributed by atoms with Crippen molar-refractivity contribution >= 4 is 11.4 Å². The van der Waals surface area contributed by atoms with Crippen LogP contribution in [-0.4, -0.2) is 21.8 Å². The Morgan fingerprint density at radius 1 is 1.33 bits per heavy atom. The van der Waals surface area contributed by atoms with Crippen LogP contribution in [-0.2, 0) is 6.42 Å². The number of hydrogen-bond acceptors (Lipinski definition) is 2. The van der Waals surface area contributed by atoms with E-state index in [1.165, 1.54) is 0 Å². The molecule has 0 saturated heterocycles. The molecule has 1 aliphatic rings. The zero-order valence-electron chi connectivity index (χ0n) is 7.91. The van der Waals surface area contributed by atoms with Gasteiger partial charge in [-0.25, -0.2) is 0 Å². The summed E-state index contributed by atoms with van der Waals surface area (Å²) < 4.78 is 1.78. The van der Waals surface area contributed by atoms with E-state index < -0.39 is 0 Å². The molecule has 0 saturated carbocycles. The molecule has 0 unspecified atom stereocenters. The van der Waals surface area contributed by atoms with Gasteiger partial charge in [0.15, 0.2) is 0 Å². The SMILES string of the molecule is O=C1NCCc2c1cc1c(=O)[nH]ccn21. The van der Waals surface area contributed by atoms with Crippen LogP contribution in [0.5, 0.6) is 0 Å². The van der Waals surface area contributed by atoms with E-state index in [0.717, 1.165) is 12.1 Å². The average molecular weight is 203 g/mol. The van der Waals surface area contributed by atoms with Gasteiger partial charge < -0.3 is 14.7 Å². The van der Waals surface area contributed by atoms with Gasteiger partial charge in [0.2, 0.25) is 0 Å². The minimum Gasteiger partial charge on any atom is -0.352 e. The normalized spacial score (nSPS) is 15.1. The first-order chi connectivity index (χ1) is 7.27. The smallest absolute Gasteiger partial charge is 0.272 e. The van der Waals surface area contributed by atoms with Gasteiger partial charge in [0, 0.05) is 31.1 Å². The van der Waals surface area contributed by atoms with Gasteiger partial charge in [-0.3, -0.25) is 9.59 Å². The molecule has 5 nitrogen and oxygen atoms in total. The highest BCUT2D eigenvalue weighted by Crippen LogP contribution is 2.17. The summed E-state index contributed by atoms with van der Waals surface area (Å²) in [5, 5.41) is 2.75. The highest BCUT2D eigenvalue weighted by atomic mass is 16.1. The number of rotatable bonds is 0. The highest BCUT2D eigenvalue weighted by Gasteiger charge is 2.21. The molecule has 0 spiro atoms. The number of aromatic amines is 1. The lowest BCUT2D eigenvalue weighted by Crippen LogP contribution is -2.31. The molecule has 0 atom stereocenters. The quantitative estimate of drug-likeness (QED) is 0.628. The largest absolute Gasteiger partial charge is 0.352 e. The molecule has 0 radical (unpaired) electrons. The summed E-state index contributed by atoms with van der Waals surface area (Å²) in [6, 6.07) is 1.64. The molecule has 5 heteroatoms. The second-order valence-corrected chi connectivity index (χ2v) is 3.56. The van der Waals surface area contributed by atoms with Crippen molar-refractivity contribution in [2.24, 2.45) is 0 Å². The van der Waals surface area contributed by atoms with Crippen molar-refractivity contribution in [3.63, 3.8) is 0 Å². The van der Waals surface area contributed by atoms with Gasteiger partial charge in [0.25, 0.3) is 11.5 Å². The molecular formula is C10H9N3O2. The van der Waals surface area contributed by atoms with Gasteiger partial charge in [-0.2, -0.15) is 0 Å². The first kappa shape index (κ1) is 8.28. The summed E-state index contributed by atoms with van der Waals surface area (Å²) in [6.07, 6.45) is 4.12. The third-order valence-corrected chi connectivity index (χ3v) is 2.70. The maximum absolute atomic E-state index is 11.5. The van der Waals surface area contributed by atoms with Gasteiger partial charge in [-0.15, -0.1) is 0 Å². The number of aromatic nitrogens is 2. The number of amides is 1. The van der Waals surface area contributed by atoms with Crippen molar-refractivity contribution in [2.45, 2.75) is 6.42 Å².